The van der Waals surface area contributed by atoms with Crippen molar-refractivity contribution in [3.05, 3.63) is 70.4 Å². The van der Waals surface area contributed by atoms with Crippen molar-refractivity contribution in [1.82, 2.24) is 14.8 Å². The van der Waals surface area contributed by atoms with Gasteiger partial charge in [0.25, 0.3) is 5.91 Å². The van der Waals surface area contributed by atoms with Gasteiger partial charge in [0.1, 0.15) is 12.3 Å². The van der Waals surface area contributed by atoms with Crippen LogP contribution in [0.5, 0.6) is 0 Å². The number of nitrogens with zero attached hydrogens (tertiary/aromatic N) is 2. The minimum Gasteiger partial charge on any atom is -0.430 e. The van der Waals surface area contributed by atoms with Crippen molar-refractivity contribution in [3.8, 4) is 0 Å². The van der Waals surface area contributed by atoms with E-state index in [0.29, 0.717) is 25.3 Å². The van der Waals surface area contributed by atoms with Gasteiger partial charge in [0, 0.05) is 36.0 Å². The Bertz CT molecular complexity index is 1410. The van der Waals surface area contributed by atoms with Crippen molar-refractivity contribution in [2.75, 3.05) is 26.2 Å². The van der Waals surface area contributed by atoms with Gasteiger partial charge in [0.15, 0.2) is 0 Å². The number of rotatable bonds is 6. The molecule has 2 aromatic carbocycles. The van der Waals surface area contributed by atoms with Crippen LogP contribution in [0.4, 0.5) is 13.2 Å². The van der Waals surface area contributed by atoms with Gasteiger partial charge >= 0.3 is 12.1 Å². The minimum atomic E-state index is -5.25. The number of nitrogens with one attached hydrogen (secondary N) is 1. The van der Waals surface area contributed by atoms with Crippen LogP contribution < -0.4 is 0 Å². The molecule has 2 saturated heterocycles. The Morgan fingerprint density at radius 3 is 2.37 bits per heavy atom. The molecule has 7 nitrogen and oxygen atoms in total. The highest BCUT2D eigenvalue weighted by molar-refractivity contribution is 6.01. The van der Waals surface area contributed by atoms with E-state index >= 15 is 0 Å². The van der Waals surface area contributed by atoms with Gasteiger partial charge in [-0.1, -0.05) is 36.4 Å². The predicted molar refractivity (Wildman–Crippen MR) is 148 cm³/mol. The summed E-state index contributed by atoms with van der Waals surface area (Å²) in [6.45, 7) is 5.57. The number of amides is 1. The normalized spacial score (nSPS) is 20.9. The summed E-state index contributed by atoms with van der Waals surface area (Å²) >= 11 is 0. The average molecular weight is 572 g/mol. The number of aromatic amines is 1. The number of esters is 1. The first-order valence-corrected chi connectivity index (χ1v) is 14.1. The van der Waals surface area contributed by atoms with Gasteiger partial charge in [0.05, 0.1) is 0 Å². The first-order valence-electron chi connectivity index (χ1n) is 14.1. The fraction of sp³-hybridized carbons (Fsp3) is 0.484. The first-order chi connectivity index (χ1) is 19.5. The molecule has 5 rings (SSSR count). The van der Waals surface area contributed by atoms with Crippen LogP contribution in [0.1, 0.15) is 70.8 Å². The summed E-state index contributed by atoms with van der Waals surface area (Å²) in [6, 6.07) is 13.9. The Kier molecular flexibility index (Phi) is 8.16. The highest BCUT2D eigenvalue weighted by Crippen LogP contribution is 2.37. The SMILES string of the molecule is Cc1cccc(C)c1C1CCN(Cc2c(C(=O)N3CCCCC3(CO)OC(=O)C(F)(F)F)[nH]c3ccccc23)CC1. The number of carbonyl (C=O) groups excluding carboxylic acids is 2. The first kappa shape index (κ1) is 29.1. The van der Waals surface area contributed by atoms with Gasteiger partial charge in [-0.15, -0.1) is 0 Å². The number of carbonyl (C=O) groups is 2. The molecule has 41 heavy (non-hydrogen) atoms. The Labute approximate surface area is 237 Å². The van der Waals surface area contributed by atoms with Gasteiger partial charge in [-0.2, -0.15) is 13.2 Å². The maximum Gasteiger partial charge on any atom is 0.491 e. The summed E-state index contributed by atoms with van der Waals surface area (Å²) < 4.78 is 44.3. The highest BCUT2D eigenvalue weighted by atomic mass is 19.4. The van der Waals surface area contributed by atoms with E-state index in [-0.39, 0.29) is 18.7 Å². The summed E-state index contributed by atoms with van der Waals surface area (Å²) in [4.78, 5) is 32.5. The average Bonchev–Trinajstić information content (AvgIpc) is 3.31. The van der Waals surface area contributed by atoms with Gasteiger partial charge in [-0.25, -0.2) is 4.79 Å². The van der Waals surface area contributed by atoms with E-state index in [0.717, 1.165) is 47.3 Å². The third kappa shape index (κ3) is 5.72. The molecule has 3 aromatic rings. The van der Waals surface area contributed by atoms with Crippen molar-refractivity contribution in [3.63, 3.8) is 0 Å². The summed E-state index contributed by atoms with van der Waals surface area (Å²) in [6.07, 6.45) is -2.46. The number of aromatic nitrogens is 1. The lowest BCUT2D eigenvalue weighted by atomic mass is 9.84. The van der Waals surface area contributed by atoms with E-state index < -0.39 is 30.4 Å². The standard InChI is InChI=1S/C31H36F3N3O4/c1-20-8-7-9-21(2)26(20)22-12-16-36(17-13-22)18-24-23-10-3-4-11-25(23)35-27(24)28(39)37-15-6-5-14-30(37,19-38)41-29(40)31(32,33)34/h3-4,7-11,22,35,38H,5-6,12-19H2,1-2H3. The molecule has 0 saturated carbocycles. The van der Waals surface area contributed by atoms with Crippen LogP contribution >= 0.6 is 0 Å². The Morgan fingerprint density at radius 2 is 1.71 bits per heavy atom. The number of piperidine rings is 2. The zero-order valence-corrected chi connectivity index (χ0v) is 23.4. The Hall–Kier alpha value is -3.37. The van der Waals surface area contributed by atoms with Crippen molar-refractivity contribution in [2.45, 2.75) is 70.3 Å². The number of ether oxygens (including phenoxy) is 1. The number of hydrogen-bond donors (Lipinski definition) is 2. The van der Waals surface area contributed by atoms with Gasteiger partial charge < -0.3 is 14.8 Å². The molecule has 2 aliphatic heterocycles. The number of H-pyrrole nitrogens is 1. The molecule has 1 unspecified atom stereocenters. The van der Waals surface area contributed by atoms with Crippen LogP contribution in [-0.4, -0.2) is 69.9 Å². The molecule has 2 fully saturated rings. The molecule has 2 aliphatic rings. The molecule has 0 radical (unpaired) electrons. The topological polar surface area (TPSA) is 85.9 Å². The summed E-state index contributed by atoms with van der Waals surface area (Å²) in [5, 5.41) is 11.0. The number of fused-ring (bicyclic) bond motifs is 1. The molecule has 2 N–H and O–H groups in total. The summed E-state index contributed by atoms with van der Waals surface area (Å²) in [7, 11) is 0. The smallest absolute Gasteiger partial charge is 0.430 e. The molecule has 220 valence electrons. The van der Waals surface area contributed by atoms with Crippen LogP contribution in [0.15, 0.2) is 42.5 Å². The number of para-hydroxylation sites is 1. The fourth-order valence-corrected chi connectivity index (χ4v) is 6.59. The molecular formula is C31H36F3N3O4. The number of alkyl halides is 3. The van der Waals surface area contributed by atoms with Crippen molar-refractivity contribution in [2.24, 2.45) is 0 Å². The second-order valence-corrected chi connectivity index (χ2v) is 11.3. The number of halogens is 3. The van der Waals surface area contributed by atoms with E-state index in [9.17, 15) is 27.9 Å². The second-order valence-electron chi connectivity index (χ2n) is 11.3. The van der Waals surface area contributed by atoms with Crippen LogP contribution in [0.25, 0.3) is 10.9 Å². The van der Waals surface area contributed by atoms with Gasteiger partial charge in [0.2, 0.25) is 5.72 Å². The third-order valence-electron chi connectivity index (χ3n) is 8.64. The Morgan fingerprint density at radius 1 is 1.02 bits per heavy atom. The molecule has 10 heteroatoms. The molecular weight excluding hydrogens is 535 g/mol. The lowest BCUT2D eigenvalue weighted by Gasteiger charge is -2.44. The Balaban J connectivity index is 1.42. The molecule has 0 spiro atoms. The molecule has 1 aromatic heterocycles. The van der Waals surface area contributed by atoms with Crippen LogP contribution in [-0.2, 0) is 16.1 Å². The maximum atomic E-state index is 14.0. The molecule has 0 bridgehead atoms. The minimum absolute atomic E-state index is 0.0561. The number of benzene rings is 2. The van der Waals surface area contributed by atoms with Gasteiger partial charge in [-0.05, 0) is 81.3 Å². The van der Waals surface area contributed by atoms with Gasteiger partial charge in [-0.3, -0.25) is 14.6 Å². The third-order valence-corrected chi connectivity index (χ3v) is 8.64. The van der Waals surface area contributed by atoms with E-state index in [1.165, 1.54) is 16.7 Å². The molecule has 1 atom stereocenters. The molecule has 1 amide bonds. The van der Waals surface area contributed by atoms with E-state index in [2.05, 4.69) is 41.9 Å². The second kappa shape index (κ2) is 11.5. The lowest BCUT2D eigenvalue weighted by molar-refractivity contribution is -0.237. The largest absolute Gasteiger partial charge is 0.491 e. The monoisotopic (exact) mass is 571 g/mol. The van der Waals surface area contributed by atoms with Crippen molar-refractivity contribution < 1.29 is 32.6 Å². The fourth-order valence-electron chi connectivity index (χ4n) is 6.59. The quantitative estimate of drug-likeness (QED) is 0.377. The van der Waals surface area contributed by atoms with E-state index in [1.807, 2.05) is 24.3 Å². The number of aliphatic hydroxyl groups excluding tert-OH is 1. The van der Waals surface area contributed by atoms with Crippen molar-refractivity contribution in [1.29, 1.82) is 0 Å². The molecule has 0 aliphatic carbocycles. The number of likely N-dealkylation sites (tertiary alicyclic amines) is 2. The van der Waals surface area contributed by atoms with E-state index in [1.54, 1.807) is 0 Å². The predicted octanol–water partition coefficient (Wildman–Crippen LogP) is 5.58. The lowest BCUT2D eigenvalue weighted by Crippen LogP contribution is -2.60. The van der Waals surface area contributed by atoms with Crippen molar-refractivity contribution >= 4 is 22.8 Å². The number of hydrogen-bond acceptors (Lipinski definition) is 5. The summed E-state index contributed by atoms with van der Waals surface area (Å²) in [5.74, 6) is -2.56. The van der Waals surface area contributed by atoms with Crippen LogP contribution in [0.2, 0.25) is 0 Å². The van der Waals surface area contributed by atoms with E-state index in [4.69, 9.17) is 4.74 Å². The zero-order valence-electron chi connectivity index (χ0n) is 23.4. The maximum absolute atomic E-state index is 14.0. The molecule has 3 heterocycles. The number of aryl methyl sites for hydroxylation is 2. The van der Waals surface area contributed by atoms with Crippen LogP contribution in [0, 0.1) is 13.8 Å². The zero-order chi connectivity index (χ0) is 29.4. The summed E-state index contributed by atoms with van der Waals surface area (Å²) in [5.41, 5.74) is 3.65. The number of aliphatic hydroxyl groups is 1. The van der Waals surface area contributed by atoms with Crippen LogP contribution in [0.3, 0.4) is 0 Å². The highest BCUT2D eigenvalue weighted by Gasteiger charge is 2.51.